The van der Waals surface area contributed by atoms with E-state index in [1.165, 1.54) is 6.20 Å². The monoisotopic (exact) mass is 227 g/mol. The van der Waals surface area contributed by atoms with Crippen LogP contribution in [0, 0.1) is 0 Å². The van der Waals surface area contributed by atoms with Crippen LogP contribution in [0.5, 0.6) is 0 Å². The number of imidazole rings is 1. The summed E-state index contributed by atoms with van der Waals surface area (Å²) in [6, 6.07) is 0. The van der Waals surface area contributed by atoms with Crippen LogP contribution in [-0.4, -0.2) is 30.4 Å². The molecule has 3 heterocycles. The van der Waals surface area contributed by atoms with Gasteiger partial charge in [-0.15, -0.1) is 0 Å². The molecule has 0 amide bonds. The maximum atomic E-state index is 10.8. The van der Waals surface area contributed by atoms with Crippen molar-refractivity contribution in [3.8, 4) is 11.3 Å². The van der Waals surface area contributed by atoms with Crippen LogP contribution in [0.2, 0.25) is 0 Å². The molecule has 0 spiro atoms. The van der Waals surface area contributed by atoms with E-state index in [9.17, 15) is 4.79 Å². The molecule has 0 atom stereocenters. The van der Waals surface area contributed by atoms with Crippen molar-refractivity contribution in [1.82, 2.24) is 24.1 Å². The van der Waals surface area contributed by atoms with Gasteiger partial charge in [-0.3, -0.25) is 18.9 Å². The fourth-order valence-electron chi connectivity index (χ4n) is 1.70. The van der Waals surface area contributed by atoms with Crippen molar-refractivity contribution in [3.63, 3.8) is 0 Å². The number of rotatable bonds is 2. The molecule has 0 N–H and O–H groups in total. The molecular weight excluding hydrogens is 218 g/mol. The first kappa shape index (κ1) is 9.71. The minimum absolute atomic E-state index is 0.507. The predicted molar refractivity (Wildman–Crippen MR) is 60.6 cm³/mol. The summed E-state index contributed by atoms with van der Waals surface area (Å²) >= 11 is 0. The molecule has 0 saturated heterocycles. The van der Waals surface area contributed by atoms with Gasteiger partial charge in [-0.2, -0.15) is 5.10 Å². The summed E-state index contributed by atoms with van der Waals surface area (Å²) in [7, 11) is 1.84. The van der Waals surface area contributed by atoms with E-state index in [1.807, 2.05) is 13.2 Å². The molecule has 3 rings (SSSR count). The van der Waals surface area contributed by atoms with Crippen molar-refractivity contribution >= 4 is 11.9 Å². The summed E-state index contributed by atoms with van der Waals surface area (Å²) in [4.78, 5) is 19.2. The average molecular weight is 227 g/mol. The van der Waals surface area contributed by atoms with E-state index in [0.29, 0.717) is 11.3 Å². The second-order valence-corrected chi connectivity index (χ2v) is 3.70. The zero-order valence-electron chi connectivity index (χ0n) is 9.11. The number of hydrogen-bond acceptors (Lipinski definition) is 4. The summed E-state index contributed by atoms with van der Waals surface area (Å²) in [5.74, 6) is 0. The van der Waals surface area contributed by atoms with Crippen LogP contribution in [0.25, 0.3) is 16.9 Å². The predicted octanol–water partition coefficient (Wildman–Crippen LogP) is 0.942. The second-order valence-electron chi connectivity index (χ2n) is 3.70. The molecule has 6 heteroatoms. The van der Waals surface area contributed by atoms with Crippen molar-refractivity contribution in [1.29, 1.82) is 0 Å². The van der Waals surface area contributed by atoms with E-state index in [2.05, 4.69) is 15.1 Å². The Bertz CT molecular complexity index is 697. The SMILES string of the molecule is Cn1cc(-c2cn3c(C=O)cnc3cn2)cn1. The second kappa shape index (κ2) is 3.51. The summed E-state index contributed by atoms with van der Waals surface area (Å²) in [5, 5.41) is 4.09. The lowest BCUT2D eigenvalue weighted by molar-refractivity contribution is 0.111. The molecule has 0 aliphatic carbocycles. The molecule has 0 radical (unpaired) electrons. The van der Waals surface area contributed by atoms with Gasteiger partial charge < -0.3 is 0 Å². The maximum Gasteiger partial charge on any atom is 0.168 e. The Balaban J connectivity index is 2.21. The lowest BCUT2D eigenvalue weighted by Crippen LogP contribution is -1.93. The minimum Gasteiger partial charge on any atom is -0.296 e. The number of aldehydes is 1. The zero-order chi connectivity index (χ0) is 11.8. The molecule has 0 unspecified atom stereocenters. The van der Waals surface area contributed by atoms with Crippen LogP contribution in [-0.2, 0) is 7.05 Å². The minimum atomic E-state index is 0.507. The molecule has 0 aromatic carbocycles. The standard InChI is InChI=1S/C11H9N5O/c1-15-5-8(2-14-15)10-6-16-9(7-17)3-13-11(16)4-12-10/h2-7H,1H3. The van der Waals surface area contributed by atoms with Gasteiger partial charge in [0.25, 0.3) is 0 Å². The lowest BCUT2D eigenvalue weighted by Gasteiger charge is -1.99. The first-order valence-corrected chi connectivity index (χ1v) is 5.05. The number of aryl methyl sites for hydroxylation is 1. The average Bonchev–Trinajstić information content (AvgIpc) is 2.94. The quantitative estimate of drug-likeness (QED) is 0.611. The summed E-state index contributed by atoms with van der Waals surface area (Å²) in [6.07, 6.45) is 9.31. The molecule has 0 aliphatic heterocycles. The number of carbonyl (C=O) groups excluding carboxylic acids is 1. The van der Waals surface area contributed by atoms with Crippen molar-refractivity contribution in [3.05, 3.63) is 36.7 Å². The van der Waals surface area contributed by atoms with Crippen LogP contribution in [0.1, 0.15) is 10.5 Å². The van der Waals surface area contributed by atoms with Crippen LogP contribution in [0.3, 0.4) is 0 Å². The normalized spacial score (nSPS) is 10.9. The van der Waals surface area contributed by atoms with E-state index in [4.69, 9.17) is 0 Å². The van der Waals surface area contributed by atoms with Crippen LogP contribution in [0.4, 0.5) is 0 Å². The van der Waals surface area contributed by atoms with Crippen LogP contribution in [0.15, 0.2) is 31.0 Å². The third-order valence-electron chi connectivity index (χ3n) is 2.55. The summed E-state index contributed by atoms with van der Waals surface area (Å²) in [5.41, 5.74) is 2.82. The van der Waals surface area contributed by atoms with Gasteiger partial charge >= 0.3 is 0 Å². The molecule has 84 valence electrons. The molecule has 0 saturated carbocycles. The van der Waals surface area contributed by atoms with Gasteiger partial charge in [0.1, 0.15) is 5.69 Å². The Morgan fingerprint density at radius 1 is 1.18 bits per heavy atom. The summed E-state index contributed by atoms with van der Waals surface area (Å²) in [6.45, 7) is 0. The molecule has 0 aliphatic rings. The maximum absolute atomic E-state index is 10.8. The van der Waals surface area contributed by atoms with E-state index in [0.717, 1.165) is 17.5 Å². The first-order chi connectivity index (χ1) is 8.28. The Morgan fingerprint density at radius 3 is 2.76 bits per heavy atom. The highest BCUT2D eigenvalue weighted by Crippen LogP contribution is 2.16. The zero-order valence-corrected chi connectivity index (χ0v) is 9.11. The van der Waals surface area contributed by atoms with Crippen molar-refractivity contribution in [2.45, 2.75) is 0 Å². The highest BCUT2D eigenvalue weighted by Gasteiger charge is 2.06. The topological polar surface area (TPSA) is 65.1 Å². The fraction of sp³-hybridized carbons (Fsp3) is 0.0909. The van der Waals surface area contributed by atoms with Gasteiger partial charge in [0.2, 0.25) is 0 Å². The summed E-state index contributed by atoms with van der Waals surface area (Å²) < 4.78 is 3.41. The largest absolute Gasteiger partial charge is 0.296 e. The van der Waals surface area contributed by atoms with Gasteiger partial charge in [-0.05, 0) is 0 Å². The highest BCUT2D eigenvalue weighted by molar-refractivity contribution is 5.74. The van der Waals surface area contributed by atoms with Crippen molar-refractivity contribution < 1.29 is 4.79 Å². The van der Waals surface area contributed by atoms with Gasteiger partial charge in [0, 0.05) is 25.0 Å². The molecule has 3 aromatic heterocycles. The van der Waals surface area contributed by atoms with Gasteiger partial charge in [-0.25, -0.2) is 4.98 Å². The highest BCUT2D eigenvalue weighted by atomic mass is 16.1. The van der Waals surface area contributed by atoms with E-state index < -0.39 is 0 Å². The Hall–Kier alpha value is -2.50. The lowest BCUT2D eigenvalue weighted by atomic mass is 10.3. The molecule has 6 nitrogen and oxygen atoms in total. The number of hydrogen-bond donors (Lipinski definition) is 0. The molecule has 17 heavy (non-hydrogen) atoms. The van der Waals surface area contributed by atoms with E-state index in [1.54, 1.807) is 27.7 Å². The van der Waals surface area contributed by atoms with Gasteiger partial charge in [0.05, 0.1) is 24.3 Å². The van der Waals surface area contributed by atoms with Gasteiger partial charge in [-0.1, -0.05) is 0 Å². The Labute approximate surface area is 96.5 Å². The molecular formula is C11H9N5O. The van der Waals surface area contributed by atoms with Crippen molar-refractivity contribution in [2.24, 2.45) is 7.05 Å². The molecule has 0 bridgehead atoms. The number of aromatic nitrogens is 5. The van der Waals surface area contributed by atoms with Crippen molar-refractivity contribution in [2.75, 3.05) is 0 Å². The number of carbonyl (C=O) groups is 1. The first-order valence-electron chi connectivity index (χ1n) is 5.05. The molecule has 0 fully saturated rings. The number of fused-ring (bicyclic) bond motifs is 1. The van der Waals surface area contributed by atoms with Gasteiger partial charge in [0.15, 0.2) is 11.9 Å². The molecule has 3 aromatic rings. The third-order valence-corrected chi connectivity index (χ3v) is 2.55. The number of nitrogens with zero attached hydrogens (tertiary/aromatic N) is 5. The van der Waals surface area contributed by atoms with Crippen LogP contribution >= 0.6 is 0 Å². The Kier molecular flexibility index (Phi) is 2.01. The van der Waals surface area contributed by atoms with E-state index in [-0.39, 0.29) is 0 Å². The van der Waals surface area contributed by atoms with Crippen LogP contribution < -0.4 is 0 Å². The van der Waals surface area contributed by atoms with E-state index >= 15 is 0 Å². The third kappa shape index (κ3) is 1.50. The fourth-order valence-corrected chi connectivity index (χ4v) is 1.70. The smallest absolute Gasteiger partial charge is 0.168 e. The Morgan fingerprint density at radius 2 is 2.06 bits per heavy atom.